The first kappa shape index (κ1) is 17.4. The zero-order valence-corrected chi connectivity index (χ0v) is 16.7. The molecule has 7 nitrogen and oxygen atoms in total. The number of ether oxygens (including phenoxy) is 1. The smallest absolute Gasteiger partial charge is 0.237 e. The number of thioether (sulfide) groups is 1. The van der Waals surface area contributed by atoms with Gasteiger partial charge in [-0.05, 0) is 48.6 Å². The molecule has 1 fully saturated rings. The Morgan fingerprint density at radius 3 is 2.79 bits per heavy atom. The lowest BCUT2D eigenvalue weighted by atomic mass is 10.2. The Morgan fingerprint density at radius 1 is 1.21 bits per heavy atom. The first-order valence-corrected chi connectivity index (χ1v) is 10.8. The number of rotatable bonds is 7. The summed E-state index contributed by atoms with van der Waals surface area (Å²) in [5, 5.41) is 15.9. The van der Waals surface area contributed by atoms with Gasteiger partial charge in [0.05, 0.1) is 17.7 Å². The van der Waals surface area contributed by atoms with Gasteiger partial charge in [0.1, 0.15) is 5.75 Å². The van der Waals surface area contributed by atoms with Crippen molar-refractivity contribution in [2.24, 2.45) is 0 Å². The van der Waals surface area contributed by atoms with Crippen molar-refractivity contribution >= 4 is 23.1 Å². The summed E-state index contributed by atoms with van der Waals surface area (Å²) in [6.45, 7) is 0. The average Bonchev–Trinajstić information content (AvgIpc) is 3.16. The Kier molecular flexibility index (Phi) is 4.61. The molecule has 0 amide bonds. The van der Waals surface area contributed by atoms with Crippen LogP contribution in [0.15, 0.2) is 51.5 Å². The third-order valence-corrected chi connectivity index (χ3v) is 6.25. The van der Waals surface area contributed by atoms with Gasteiger partial charge < -0.3 is 9.26 Å². The van der Waals surface area contributed by atoms with Gasteiger partial charge in [-0.15, -0.1) is 21.5 Å². The van der Waals surface area contributed by atoms with Gasteiger partial charge in [0.15, 0.2) is 11.0 Å². The third kappa shape index (κ3) is 3.43. The lowest BCUT2D eigenvalue weighted by Crippen LogP contribution is -1.99. The summed E-state index contributed by atoms with van der Waals surface area (Å²) in [7, 11) is 1.64. The van der Waals surface area contributed by atoms with E-state index in [0.29, 0.717) is 23.5 Å². The summed E-state index contributed by atoms with van der Waals surface area (Å²) in [5.74, 6) is 3.44. The minimum atomic E-state index is 0.493. The molecule has 1 saturated carbocycles. The lowest BCUT2D eigenvalue weighted by Gasteiger charge is -2.06. The molecule has 0 saturated heterocycles. The van der Waals surface area contributed by atoms with Crippen molar-refractivity contribution in [1.82, 2.24) is 24.9 Å². The van der Waals surface area contributed by atoms with Crippen LogP contribution in [0.1, 0.15) is 24.8 Å². The van der Waals surface area contributed by atoms with Crippen LogP contribution >= 0.6 is 23.1 Å². The van der Waals surface area contributed by atoms with Gasteiger partial charge in [0.25, 0.3) is 0 Å². The number of aromatic nitrogens is 5. The van der Waals surface area contributed by atoms with E-state index >= 15 is 0 Å². The van der Waals surface area contributed by atoms with E-state index in [-0.39, 0.29) is 0 Å². The monoisotopic (exact) mass is 411 g/mol. The van der Waals surface area contributed by atoms with Gasteiger partial charge in [0.2, 0.25) is 11.7 Å². The average molecular weight is 412 g/mol. The van der Waals surface area contributed by atoms with Gasteiger partial charge >= 0.3 is 0 Å². The molecule has 3 aromatic heterocycles. The van der Waals surface area contributed by atoms with Crippen LogP contribution in [-0.4, -0.2) is 32.0 Å². The van der Waals surface area contributed by atoms with Crippen molar-refractivity contribution in [2.45, 2.75) is 29.8 Å². The fourth-order valence-electron chi connectivity index (χ4n) is 2.91. The molecule has 142 valence electrons. The molecule has 0 N–H and O–H groups in total. The highest BCUT2D eigenvalue weighted by Crippen LogP contribution is 2.42. The number of methoxy groups -OCH3 is 1. The van der Waals surface area contributed by atoms with Crippen LogP contribution in [0.5, 0.6) is 5.75 Å². The minimum Gasteiger partial charge on any atom is -0.497 e. The number of hydrogen-bond acceptors (Lipinski definition) is 8. The predicted molar refractivity (Wildman–Crippen MR) is 107 cm³/mol. The molecule has 9 heteroatoms. The summed E-state index contributed by atoms with van der Waals surface area (Å²) in [5.41, 5.74) is 0.891. The Labute approximate surface area is 169 Å². The molecule has 0 atom stereocenters. The molecule has 0 unspecified atom stereocenters. The van der Waals surface area contributed by atoms with E-state index in [2.05, 4.69) is 36.4 Å². The predicted octanol–water partition coefficient (Wildman–Crippen LogP) is 4.69. The van der Waals surface area contributed by atoms with Crippen LogP contribution in [0.3, 0.4) is 0 Å². The molecular weight excluding hydrogens is 394 g/mol. The zero-order chi connectivity index (χ0) is 18.9. The Hall–Kier alpha value is -2.65. The van der Waals surface area contributed by atoms with Crippen molar-refractivity contribution in [3.05, 3.63) is 47.7 Å². The van der Waals surface area contributed by atoms with Gasteiger partial charge in [-0.25, -0.2) is 0 Å². The standard InChI is InChI=1S/C19H17N5O2S2/c1-25-14-8-4-12(5-9-14)17-20-16(26-23-17)11-28-19-22-21-18(15-3-2-10-27-15)24(19)13-6-7-13/h2-5,8-10,13H,6-7,11H2,1H3. The van der Waals surface area contributed by atoms with E-state index in [4.69, 9.17) is 9.26 Å². The van der Waals surface area contributed by atoms with Crippen LogP contribution in [0, 0.1) is 0 Å². The quantitative estimate of drug-likeness (QED) is 0.408. The summed E-state index contributed by atoms with van der Waals surface area (Å²) in [6.07, 6.45) is 2.35. The molecule has 1 aromatic carbocycles. The van der Waals surface area contributed by atoms with E-state index in [0.717, 1.165) is 27.2 Å². The fourth-order valence-corrected chi connectivity index (χ4v) is 4.46. The second kappa shape index (κ2) is 7.40. The molecular formula is C19H17N5O2S2. The van der Waals surface area contributed by atoms with Crippen LogP contribution < -0.4 is 4.74 Å². The second-order valence-electron chi connectivity index (χ2n) is 6.41. The highest BCUT2D eigenvalue weighted by molar-refractivity contribution is 7.98. The highest BCUT2D eigenvalue weighted by Gasteiger charge is 2.30. The molecule has 0 radical (unpaired) electrons. The third-order valence-electron chi connectivity index (χ3n) is 4.46. The maximum atomic E-state index is 5.42. The highest BCUT2D eigenvalue weighted by atomic mass is 32.2. The molecule has 1 aliphatic rings. The topological polar surface area (TPSA) is 78.9 Å². The normalized spacial score (nSPS) is 13.8. The Bertz CT molecular complexity index is 1070. The van der Waals surface area contributed by atoms with Crippen LogP contribution in [0.2, 0.25) is 0 Å². The largest absolute Gasteiger partial charge is 0.497 e. The van der Waals surface area contributed by atoms with Gasteiger partial charge in [0, 0.05) is 11.6 Å². The Balaban J connectivity index is 1.32. The van der Waals surface area contributed by atoms with Crippen LogP contribution in [-0.2, 0) is 5.75 Å². The molecule has 3 heterocycles. The first-order chi connectivity index (χ1) is 13.8. The van der Waals surface area contributed by atoms with E-state index in [1.165, 1.54) is 12.8 Å². The molecule has 0 bridgehead atoms. The van der Waals surface area contributed by atoms with E-state index in [1.807, 2.05) is 30.3 Å². The second-order valence-corrected chi connectivity index (χ2v) is 8.30. The number of benzene rings is 1. The molecule has 0 spiro atoms. The minimum absolute atomic E-state index is 0.493. The molecule has 0 aliphatic heterocycles. The fraction of sp³-hybridized carbons (Fsp3) is 0.263. The molecule has 4 aromatic rings. The van der Waals surface area contributed by atoms with Gasteiger partial charge in [-0.3, -0.25) is 4.57 Å². The SMILES string of the molecule is COc1ccc(-c2noc(CSc3nnc(-c4cccs4)n3C3CC3)n2)cc1. The number of hydrogen-bond donors (Lipinski definition) is 0. The van der Waals surface area contributed by atoms with Gasteiger partial charge in [-0.1, -0.05) is 23.0 Å². The summed E-state index contributed by atoms with van der Waals surface area (Å²) in [4.78, 5) is 5.65. The van der Waals surface area contributed by atoms with Gasteiger partial charge in [-0.2, -0.15) is 4.98 Å². The van der Waals surface area contributed by atoms with E-state index in [1.54, 1.807) is 30.2 Å². The van der Waals surface area contributed by atoms with Crippen molar-refractivity contribution in [2.75, 3.05) is 7.11 Å². The maximum absolute atomic E-state index is 5.42. The summed E-state index contributed by atoms with van der Waals surface area (Å²) < 4.78 is 12.9. The lowest BCUT2D eigenvalue weighted by molar-refractivity contribution is 0.391. The Morgan fingerprint density at radius 2 is 2.07 bits per heavy atom. The van der Waals surface area contributed by atoms with E-state index in [9.17, 15) is 0 Å². The zero-order valence-electron chi connectivity index (χ0n) is 15.1. The van der Waals surface area contributed by atoms with Crippen LogP contribution in [0.25, 0.3) is 22.1 Å². The van der Waals surface area contributed by atoms with Crippen molar-refractivity contribution in [1.29, 1.82) is 0 Å². The molecule has 5 rings (SSSR count). The summed E-state index contributed by atoms with van der Waals surface area (Å²) >= 11 is 3.26. The van der Waals surface area contributed by atoms with Crippen molar-refractivity contribution in [3.63, 3.8) is 0 Å². The maximum Gasteiger partial charge on any atom is 0.237 e. The first-order valence-electron chi connectivity index (χ1n) is 8.90. The van der Waals surface area contributed by atoms with Crippen molar-refractivity contribution < 1.29 is 9.26 Å². The number of thiophene rings is 1. The summed E-state index contributed by atoms with van der Waals surface area (Å²) in [6, 6.07) is 12.2. The molecule has 28 heavy (non-hydrogen) atoms. The molecule has 1 aliphatic carbocycles. The van der Waals surface area contributed by atoms with Crippen LogP contribution in [0.4, 0.5) is 0 Å². The number of nitrogens with zero attached hydrogens (tertiary/aromatic N) is 5. The van der Waals surface area contributed by atoms with Crippen molar-refractivity contribution in [3.8, 4) is 27.8 Å². The van der Waals surface area contributed by atoms with E-state index < -0.39 is 0 Å².